The van der Waals surface area contributed by atoms with Gasteiger partial charge in [0.1, 0.15) is 17.1 Å². The summed E-state index contributed by atoms with van der Waals surface area (Å²) in [5.74, 6) is -0.230. The fourth-order valence-electron chi connectivity index (χ4n) is 3.94. The Morgan fingerprint density at radius 2 is 1.97 bits per heavy atom. The smallest absolute Gasteiger partial charge is 0.290 e. The van der Waals surface area contributed by atoms with Gasteiger partial charge in [0.15, 0.2) is 5.43 Å². The lowest BCUT2D eigenvalue weighted by molar-refractivity contribution is 0.0707. The largest absolute Gasteiger partial charge is 0.494 e. The summed E-state index contributed by atoms with van der Waals surface area (Å²) in [7, 11) is 1.60. The van der Waals surface area contributed by atoms with Crippen LogP contribution in [-0.2, 0) is 4.74 Å². The van der Waals surface area contributed by atoms with Gasteiger partial charge < -0.3 is 18.8 Å². The van der Waals surface area contributed by atoms with Gasteiger partial charge in [-0.1, -0.05) is 19.1 Å². The molecule has 0 saturated heterocycles. The summed E-state index contributed by atoms with van der Waals surface area (Å²) in [6.07, 6.45) is 1.46. The third-order valence-electron chi connectivity index (χ3n) is 5.32. The number of methoxy groups -OCH3 is 1. The van der Waals surface area contributed by atoms with Crippen molar-refractivity contribution in [3.63, 3.8) is 0 Å². The first-order valence-corrected chi connectivity index (χ1v) is 10.3. The summed E-state index contributed by atoms with van der Waals surface area (Å²) in [6, 6.07) is 10.4. The van der Waals surface area contributed by atoms with E-state index in [4.69, 9.17) is 13.9 Å². The van der Waals surface area contributed by atoms with E-state index < -0.39 is 17.3 Å². The van der Waals surface area contributed by atoms with Crippen molar-refractivity contribution >= 4 is 16.9 Å². The van der Waals surface area contributed by atoms with Crippen molar-refractivity contribution in [2.45, 2.75) is 25.8 Å². The minimum Gasteiger partial charge on any atom is -0.494 e. The fraction of sp³-hybridized carbons (Fsp3) is 0.333. The van der Waals surface area contributed by atoms with E-state index >= 15 is 0 Å². The Kier molecular flexibility index (Phi) is 6.04. The molecule has 1 aliphatic rings. The number of amides is 1. The maximum atomic E-state index is 13.8. The molecule has 0 aliphatic carbocycles. The van der Waals surface area contributed by atoms with E-state index in [0.29, 0.717) is 31.9 Å². The second-order valence-electron chi connectivity index (χ2n) is 7.48. The lowest BCUT2D eigenvalue weighted by Gasteiger charge is -2.25. The third-order valence-corrected chi connectivity index (χ3v) is 5.32. The zero-order chi connectivity index (χ0) is 22.0. The van der Waals surface area contributed by atoms with Gasteiger partial charge in [-0.2, -0.15) is 0 Å². The minimum absolute atomic E-state index is 0.00593. The average molecular weight is 425 g/mol. The Labute approximate surface area is 179 Å². The molecule has 0 fully saturated rings. The van der Waals surface area contributed by atoms with Crippen molar-refractivity contribution in [1.82, 2.24) is 4.90 Å². The average Bonchev–Trinajstić information content (AvgIpc) is 3.05. The molecule has 3 aromatic rings. The summed E-state index contributed by atoms with van der Waals surface area (Å²) in [4.78, 5) is 28.2. The second kappa shape index (κ2) is 8.89. The maximum Gasteiger partial charge on any atom is 0.290 e. The first kappa shape index (κ1) is 21.1. The molecular formula is C24H24FNO5. The first-order valence-electron chi connectivity index (χ1n) is 10.3. The van der Waals surface area contributed by atoms with Crippen LogP contribution < -0.4 is 10.2 Å². The molecule has 0 N–H and O–H groups in total. The monoisotopic (exact) mass is 425 g/mol. The second-order valence-corrected chi connectivity index (χ2v) is 7.48. The van der Waals surface area contributed by atoms with Crippen LogP contribution in [0.1, 0.15) is 47.5 Å². The van der Waals surface area contributed by atoms with Crippen molar-refractivity contribution < 1.29 is 23.1 Å². The van der Waals surface area contributed by atoms with E-state index in [9.17, 15) is 14.0 Å². The molecule has 0 radical (unpaired) electrons. The zero-order valence-corrected chi connectivity index (χ0v) is 17.5. The number of carbonyl (C=O) groups is 1. The standard InChI is InChI=1S/C24H24FNO5/c1-3-11-30-17-7-4-6-15(13-17)21-20-22(27)18-14-16(25)8-9-19(18)31-23(20)24(28)26(21)10-5-12-29-2/h4,6-9,13-14,21H,3,5,10-12H2,1-2H3. The van der Waals surface area contributed by atoms with Crippen LogP contribution in [0.5, 0.6) is 5.75 Å². The predicted octanol–water partition coefficient (Wildman–Crippen LogP) is 4.30. The summed E-state index contributed by atoms with van der Waals surface area (Å²) in [5, 5.41) is 0.119. The van der Waals surface area contributed by atoms with Crippen LogP contribution in [-0.4, -0.2) is 37.7 Å². The Hall–Kier alpha value is -3.19. The summed E-state index contributed by atoms with van der Waals surface area (Å²) in [5.41, 5.74) is 0.758. The van der Waals surface area contributed by atoms with E-state index in [1.54, 1.807) is 12.0 Å². The highest BCUT2D eigenvalue weighted by Crippen LogP contribution is 2.39. The van der Waals surface area contributed by atoms with Gasteiger partial charge in [-0.05, 0) is 48.7 Å². The summed E-state index contributed by atoms with van der Waals surface area (Å²) >= 11 is 0. The third kappa shape index (κ3) is 3.93. The fourth-order valence-corrected chi connectivity index (χ4v) is 3.94. The molecule has 0 saturated carbocycles. The van der Waals surface area contributed by atoms with Crippen LogP contribution in [0.15, 0.2) is 51.7 Å². The maximum absolute atomic E-state index is 13.8. The number of hydrogen-bond donors (Lipinski definition) is 0. The van der Waals surface area contributed by atoms with E-state index in [2.05, 4.69) is 0 Å². The molecule has 0 spiro atoms. The number of halogens is 1. The van der Waals surface area contributed by atoms with Gasteiger partial charge >= 0.3 is 0 Å². The number of carbonyl (C=O) groups excluding carboxylic acids is 1. The van der Waals surface area contributed by atoms with Gasteiger partial charge in [0, 0.05) is 20.3 Å². The number of hydrogen-bond acceptors (Lipinski definition) is 5. The molecule has 1 amide bonds. The van der Waals surface area contributed by atoms with Crippen LogP contribution in [0.25, 0.3) is 11.0 Å². The molecule has 1 unspecified atom stereocenters. The highest BCUT2D eigenvalue weighted by Gasteiger charge is 2.42. The van der Waals surface area contributed by atoms with Crippen molar-refractivity contribution in [3.8, 4) is 5.75 Å². The highest BCUT2D eigenvalue weighted by atomic mass is 19.1. The molecule has 0 bridgehead atoms. The van der Waals surface area contributed by atoms with Crippen LogP contribution in [0.2, 0.25) is 0 Å². The van der Waals surface area contributed by atoms with Crippen molar-refractivity contribution in [2.75, 3.05) is 26.9 Å². The van der Waals surface area contributed by atoms with Gasteiger partial charge in [0.2, 0.25) is 5.76 Å². The molecule has 1 aliphatic heterocycles. The molecule has 1 atom stereocenters. The number of ether oxygens (including phenoxy) is 2. The molecule has 162 valence electrons. The molecule has 4 rings (SSSR count). The Morgan fingerprint density at radius 3 is 2.74 bits per heavy atom. The number of fused-ring (bicyclic) bond motifs is 2. The summed E-state index contributed by atoms with van der Waals surface area (Å²) < 4.78 is 30.5. The topological polar surface area (TPSA) is 69.0 Å². The molecular weight excluding hydrogens is 401 g/mol. The molecule has 6 nitrogen and oxygen atoms in total. The first-order chi connectivity index (χ1) is 15.0. The molecule has 7 heteroatoms. The molecule has 2 aromatic carbocycles. The zero-order valence-electron chi connectivity index (χ0n) is 17.5. The van der Waals surface area contributed by atoms with Gasteiger partial charge in [-0.15, -0.1) is 0 Å². The number of nitrogens with zero attached hydrogens (tertiary/aromatic N) is 1. The quantitative estimate of drug-likeness (QED) is 0.503. The SMILES string of the molecule is CCCOc1cccc(C2c3c(oc4ccc(F)cc4c3=O)C(=O)N2CCCOC)c1. The lowest BCUT2D eigenvalue weighted by atomic mass is 9.98. The number of benzene rings is 2. The van der Waals surface area contributed by atoms with E-state index in [1.165, 1.54) is 12.1 Å². The van der Waals surface area contributed by atoms with Crippen molar-refractivity contribution in [1.29, 1.82) is 0 Å². The van der Waals surface area contributed by atoms with Crippen LogP contribution in [0.3, 0.4) is 0 Å². The predicted molar refractivity (Wildman–Crippen MR) is 114 cm³/mol. The molecule has 2 heterocycles. The highest BCUT2D eigenvalue weighted by molar-refractivity contribution is 5.99. The van der Waals surface area contributed by atoms with Crippen molar-refractivity contribution in [2.24, 2.45) is 0 Å². The van der Waals surface area contributed by atoms with Crippen LogP contribution in [0, 0.1) is 5.82 Å². The van der Waals surface area contributed by atoms with Gasteiger partial charge in [0.05, 0.1) is 23.6 Å². The van der Waals surface area contributed by atoms with E-state index in [0.717, 1.165) is 18.1 Å². The molecule has 31 heavy (non-hydrogen) atoms. The van der Waals surface area contributed by atoms with Crippen LogP contribution in [0.4, 0.5) is 4.39 Å². The van der Waals surface area contributed by atoms with Gasteiger partial charge in [0.25, 0.3) is 5.91 Å². The van der Waals surface area contributed by atoms with E-state index in [-0.39, 0.29) is 28.2 Å². The Bertz CT molecular complexity index is 1170. The Balaban J connectivity index is 1.87. The van der Waals surface area contributed by atoms with Gasteiger partial charge in [-0.25, -0.2) is 4.39 Å². The minimum atomic E-state index is -0.645. The normalized spacial score (nSPS) is 15.5. The lowest BCUT2D eigenvalue weighted by Crippen LogP contribution is -2.31. The van der Waals surface area contributed by atoms with Gasteiger partial charge in [-0.3, -0.25) is 9.59 Å². The Morgan fingerprint density at radius 1 is 1.13 bits per heavy atom. The van der Waals surface area contributed by atoms with Crippen molar-refractivity contribution in [3.05, 3.63) is 75.4 Å². The summed E-state index contributed by atoms with van der Waals surface area (Å²) in [6.45, 7) is 3.43. The van der Waals surface area contributed by atoms with Crippen LogP contribution >= 0.6 is 0 Å². The molecule has 1 aromatic heterocycles. The van der Waals surface area contributed by atoms with E-state index in [1.807, 2.05) is 31.2 Å². The number of rotatable bonds is 8.